The van der Waals surface area contributed by atoms with Crippen LogP contribution in [0.2, 0.25) is 5.02 Å². The minimum absolute atomic E-state index is 0.194. The van der Waals surface area contributed by atoms with E-state index in [2.05, 4.69) is 0 Å². The number of hydrogen-bond donors (Lipinski definition) is 0. The molecule has 7 nitrogen and oxygen atoms in total. The van der Waals surface area contributed by atoms with E-state index in [0.717, 1.165) is 0 Å². The van der Waals surface area contributed by atoms with Crippen molar-refractivity contribution < 1.29 is 23.1 Å². The molecule has 8 heteroatoms. The first-order chi connectivity index (χ1) is 15.1. The Balaban J connectivity index is 1.73. The van der Waals surface area contributed by atoms with Crippen LogP contribution in [-0.4, -0.2) is 18.2 Å². The number of ether oxygens (including phenoxy) is 2. The first kappa shape index (κ1) is 21.6. The second kappa shape index (κ2) is 8.16. The number of halogens is 1. The second-order valence-electron chi connectivity index (χ2n) is 8.14. The summed E-state index contributed by atoms with van der Waals surface area (Å²) in [7, 11) is 0. The Kier molecular flexibility index (Phi) is 5.52. The van der Waals surface area contributed by atoms with Gasteiger partial charge in [0.05, 0.1) is 5.56 Å². The zero-order valence-electron chi connectivity index (χ0n) is 17.6. The standard InChI is InChI=1S/C24H19ClO7/c1-24(2,3)32-22(27)12-29-15-5-6-16-17(11-21(26)30-20(16)10-15)18-9-13-8-14(25)4-7-19(13)31-23(18)28/h4-11H,12H2,1-3H3. The van der Waals surface area contributed by atoms with E-state index in [4.69, 9.17) is 29.9 Å². The fourth-order valence-corrected chi connectivity index (χ4v) is 3.43. The molecule has 0 aliphatic carbocycles. The molecule has 0 spiro atoms. The molecule has 0 unspecified atom stereocenters. The highest BCUT2D eigenvalue weighted by Gasteiger charge is 2.18. The fraction of sp³-hybridized carbons (Fsp3) is 0.208. The lowest BCUT2D eigenvalue weighted by Crippen LogP contribution is -2.27. The van der Waals surface area contributed by atoms with Gasteiger partial charge in [-0.15, -0.1) is 0 Å². The highest BCUT2D eigenvalue weighted by atomic mass is 35.5. The SMILES string of the molecule is CC(C)(C)OC(=O)COc1ccc2c(-c3cc4cc(Cl)ccc4oc3=O)cc(=O)oc2c1. The van der Waals surface area contributed by atoms with Crippen LogP contribution >= 0.6 is 11.6 Å². The molecular weight excluding hydrogens is 436 g/mol. The number of rotatable bonds is 4. The molecule has 0 saturated heterocycles. The summed E-state index contributed by atoms with van der Waals surface area (Å²) < 4.78 is 21.4. The van der Waals surface area contributed by atoms with Crippen LogP contribution in [0.3, 0.4) is 0 Å². The van der Waals surface area contributed by atoms with Gasteiger partial charge < -0.3 is 18.3 Å². The average molecular weight is 455 g/mol. The van der Waals surface area contributed by atoms with Gasteiger partial charge in [-0.05, 0) is 57.2 Å². The van der Waals surface area contributed by atoms with Gasteiger partial charge in [0, 0.05) is 33.5 Å². The van der Waals surface area contributed by atoms with Gasteiger partial charge >= 0.3 is 17.2 Å². The summed E-state index contributed by atoms with van der Waals surface area (Å²) in [4.78, 5) is 36.7. The third-order valence-electron chi connectivity index (χ3n) is 4.48. The van der Waals surface area contributed by atoms with Crippen molar-refractivity contribution in [2.24, 2.45) is 0 Å². The highest BCUT2D eigenvalue weighted by molar-refractivity contribution is 6.31. The van der Waals surface area contributed by atoms with Crippen molar-refractivity contribution >= 4 is 39.5 Å². The molecule has 0 amide bonds. The van der Waals surface area contributed by atoms with Gasteiger partial charge in [-0.3, -0.25) is 0 Å². The smallest absolute Gasteiger partial charge is 0.344 e. The van der Waals surface area contributed by atoms with Gasteiger partial charge in [0.1, 0.15) is 22.5 Å². The van der Waals surface area contributed by atoms with Crippen LogP contribution in [0, 0.1) is 0 Å². The van der Waals surface area contributed by atoms with Crippen molar-refractivity contribution in [1.82, 2.24) is 0 Å². The van der Waals surface area contributed by atoms with Crippen molar-refractivity contribution in [2.75, 3.05) is 6.61 Å². The van der Waals surface area contributed by atoms with Crippen LogP contribution < -0.4 is 16.0 Å². The highest BCUT2D eigenvalue weighted by Crippen LogP contribution is 2.30. The fourth-order valence-electron chi connectivity index (χ4n) is 3.25. The molecule has 32 heavy (non-hydrogen) atoms. The maximum atomic E-state index is 12.6. The number of hydrogen-bond acceptors (Lipinski definition) is 7. The lowest BCUT2D eigenvalue weighted by molar-refractivity contribution is -0.157. The van der Waals surface area contributed by atoms with Gasteiger partial charge in [-0.1, -0.05) is 11.6 Å². The number of carbonyl (C=O) groups excluding carboxylic acids is 1. The molecule has 0 aliphatic heterocycles. The molecular formula is C24H19ClO7. The Morgan fingerprint density at radius 2 is 1.72 bits per heavy atom. The summed E-state index contributed by atoms with van der Waals surface area (Å²) in [5.41, 5.74) is -0.755. The van der Waals surface area contributed by atoms with E-state index in [1.807, 2.05) is 0 Å². The Morgan fingerprint density at radius 1 is 0.938 bits per heavy atom. The van der Waals surface area contributed by atoms with Crippen LogP contribution in [-0.2, 0) is 9.53 Å². The number of esters is 1. The molecule has 0 fully saturated rings. The molecule has 2 heterocycles. The van der Waals surface area contributed by atoms with E-state index in [1.165, 1.54) is 12.1 Å². The molecule has 2 aromatic carbocycles. The summed E-state index contributed by atoms with van der Waals surface area (Å²) in [6, 6.07) is 12.5. The van der Waals surface area contributed by atoms with Gasteiger partial charge in [0.15, 0.2) is 6.61 Å². The Hall–Kier alpha value is -3.58. The van der Waals surface area contributed by atoms with Crippen molar-refractivity contribution in [3.05, 3.63) is 74.4 Å². The Morgan fingerprint density at radius 3 is 2.47 bits per heavy atom. The summed E-state index contributed by atoms with van der Waals surface area (Å²) in [6.45, 7) is 4.97. The van der Waals surface area contributed by atoms with Crippen LogP contribution in [0.5, 0.6) is 5.75 Å². The van der Waals surface area contributed by atoms with E-state index in [-0.39, 0.29) is 17.8 Å². The van der Waals surface area contributed by atoms with Crippen molar-refractivity contribution in [1.29, 1.82) is 0 Å². The first-order valence-corrected chi connectivity index (χ1v) is 10.1. The van der Waals surface area contributed by atoms with Gasteiger partial charge in [0.2, 0.25) is 0 Å². The van der Waals surface area contributed by atoms with Gasteiger partial charge in [-0.25, -0.2) is 14.4 Å². The quantitative estimate of drug-likeness (QED) is 0.318. The lowest BCUT2D eigenvalue weighted by atomic mass is 10.0. The summed E-state index contributed by atoms with van der Waals surface area (Å²) >= 11 is 6.05. The predicted octanol–water partition coefficient (Wildman–Crippen LogP) is 4.94. The Labute approximate surface area is 187 Å². The van der Waals surface area contributed by atoms with Crippen LogP contribution in [0.25, 0.3) is 33.1 Å². The van der Waals surface area contributed by atoms with Crippen molar-refractivity contribution in [3.8, 4) is 16.9 Å². The monoisotopic (exact) mass is 454 g/mol. The number of fused-ring (bicyclic) bond motifs is 2. The number of carbonyl (C=O) groups is 1. The van der Waals surface area contributed by atoms with E-state index in [9.17, 15) is 14.4 Å². The van der Waals surface area contributed by atoms with Crippen molar-refractivity contribution in [3.63, 3.8) is 0 Å². The predicted molar refractivity (Wildman–Crippen MR) is 120 cm³/mol. The molecule has 0 atom stereocenters. The lowest BCUT2D eigenvalue weighted by Gasteiger charge is -2.19. The summed E-state index contributed by atoms with van der Waals surface area (Å²) in [5, 5.41) is 1.61. The molecule has 4 rings (SSSR count). The Bertz CT molecular complexity index is 1460. The zero-order chi connectivity index (χ0) is 23.0. The first-order valence-electron chi connectivity index (χ1n) is 9.75. The molecule has 4 aromatic rings. The topological polar surface area (TPSA) is 96.0 Å². The van der Waals surface area contributed by atoms with Crippen LogP contribution in [0.4, 0.5) is 0 Å². The molecule has 2 aromatic heterocycles. The third-order valence-corrected chi connectivity index (χ3v) is 4.71. The maximum Gasteiger partial charge on any atom is 0.344 e. The largest absolute Gasteiger partial charge is 0.482 e. The van der Waals surface area contributed by atoms with Gasteiger partial charge in [0.25, 0.3) is 0 Å². The summed E-state index contributed by atoms with van der Waals surface area (Å²) in [5.74, 6) is -0.221. The van der Waals surface area contributed by atoms with Gasteiger partial charge in [-0.2, -0.15) is 0 Å². The second-order valence-corrected chi connectivity index (χ2v) is 8.58. The van der Waals surface area contributed by atoms with E-state index >= 15 is 0 Å². The maximum absolute atomic E-state index is 12.6. The van der Waals surface area contributed by atoms with Crippen molar-refractivity contribution in [2.45, 2.75) is 26.4 Å². The molecule has 0 aliphatic rings. The average Bonchev–Trinajstić information content (AvgIpc) is 2.70. The number of benzene rings is 2. The van der Waals surface area contributed by atoms with E-state index in [1.54, 1.807) is 57.2 Å². The van der Waals surface area contributed by atoms with E-state index < -0.39 is 22.8 Å². The normalized spacial score (nSPS) is 11.6. The summed E-state index contributed by atoms with van der Waals surface area (Å²) in [6.07, 6.45) is 0. The van der Waals surface area contributed by atoms with Crippen LogP contribution in [0.1, 0.15) is 20.8 Å². The minimum atomic E-state index is -0.651. The van der Waals surface area contributed by atoms with Crippen LogP contribution in [0.15, 0.2) is 67.0 Å². The third kappa shape index (κ3) is 4.68. The molecule has 0 saturated carbocycles. The molecule has 0 radical (unpaired) electrons. The molecule has 164 valence electrons. The molecule has 0 bridgehead atoms. The zero-order valence-corrected chi connectivity index (χ0v) is 18.3. The molecule has 0 N–H and O–H groups in total. The minimum Gasteiger partial charge on any atom is -0.482 e. The van der Waals surface area contributed by atoms with E-state index in [0.29, 0.717) is 32.7 Å².